The fourth-order valence-electron chi connectivity index (χ4n) is 3.16. The first-order valence-electron chi connectivity index (χ1n) is 5.76. The number of likely N-dealkylation sites (tertiary alicyclic amines) is 1. The molecule has 3 heterocycles. The van der Waals surface area contributed by atoms with E-state index in [1.165, 1.54) is 32.7 Å². The van der Waals surface area contributed by atoms with Gasteiger partial charge in [-0.3, -0.25) is 0 Å². The molecule has 0 spiro atoms. The second-order valence-corrected chi connectivity index (χ2v) is 5.68. The summed E-state index contributed by atoms with van der Waals surface area (Å²) in [5.41, 5.74) is 0.464. The average molecular weight is 196 g/mol. The minimum Gasteiger partial charge on any atom is -0.380 e. The molecule has 0 bridgehead atoms. The van der Waals surface area contributed by atoms with E-state index in [0.29, 0.717) is 5.41 Å². The zero-order valence-electron chi connectivity index (χ0n) is 8.96. The van der Waals surface area contributed by atoms with Crippen LogP contribution < -0.4 is 5.32 Å². The Morgan fingerprint density at radius 2 is 1.93 bits per heavy atom. The molecular weight excluding hydrogens is 176 g/mol. The van der Waals surface area contributed by atoms with E-state index in [2.05, 4.69) is 17.1 Å². The van der Waals surface area contributed by atoms with Crippen molar-refractivity contribution in [3.05, 3.63) is 0 Å². The van der Waals surface area contributed by atoms with Crippen molar-refractivity contribution in [3.8, 4) is 0 Å². The fraction of sp³-hybridized carbons (Fsp3) is 1.00. The van der Waals surface area contributed by atoms with Gasteiger partial charge in [0.1, 0.15) is 0 Å². The maximum atomic E-state index is 5.30. The summed E-state index contributed by atoms with van der Waals surface area (Å²) >= 11 is 0. The Kier molecular flexibility index (Phi) is 2.08. The molecule has 2 atom stereocenters. The maximum absolute atomic E-state index is 5.30. The summed E-state index contributed by atoms with van der Waals surface area (Å²) in [4.78, 5) is 2.65. The van der Waals surface area contributed by atoms with E-state index in [4.69, 9.17) is 4.74 Å². The standard InChI is InChI=1S/C11H20N2O/c1-11(7-14-8-11)6-13-4-9-2-12-3-10(9)5-13/h9-10,12H,2-8H2,1H3. The summed E-state index contributed by atoms with van der Waals surface area (Å²) in [6, 6.07) is 0. The first-order valence-corrected chi connectivity index (χ1v) is 5.76. The average Bonchev–Trinajstić information content (AvgIpc) is 2.60. The highest BCUT2D eigenvalue weighted by atomic mass is 16.5. The topological polar surface area (TPSA) is 24.5 Å². The molecule has 3 aliphatic rings. The summed E-state index contributed by atoms with van der Waals surface area (Å²) < 4.78 is 5.30. The lowest BCUT2D eigenvalue weighted by atomic mass is 9.88. The highest BCUT2D eigenvalue weighted by molar-refractivity contribution is 4.94. The molecule has 3 nitrogen and oxygen atoms in total. The lowest BCUT2D eigenvalue weighted by Crippen LogP contribution is -2.48. The zero-order chi connectivity index (χ0) is 9.60. The summed E-state index contributed by atoms with van der Waals surface area (Å²) in [5.74, 6) is 1.86. The highest BCUT2D eigenvalue weighted by Gasteiger charge is 2.41. The van der Waals surface area contributed by atoms with E-state index in [1.807, 2.05) is 0 Å². The van der Waals surface area contributed by atoms with E-state index >= 15 is 0 Å². The Morgan fingerprint density at radius 3 is 2.43 bits per heavy atom. The zero-order valence-corrected chi connectivity index (χ0v) is 8.96. The number of nitrogens with one attached hydrogen (secondary N) is 1. The van der Waals surface area contributed by atoms with Crippen LogP contribution in [0.3, 0.4) is 0 Å². The minimum absolute atomic E-state index is 0.464. The molecule has 1 N–H and O–H groups in total. The Labute approximate surface area is 85.8 Å². The normalized spacial score (nSPS) is 40.9. The van der Waals surface area contributed by atoms with Gasteiger partial charge in [-0.15, -0.1) is 0 Å². The van der Waals surface area contributed by atoms with E-state index in [0.717, 1.165) is 25.0 Å². The van der Waals surface area contributed by atoms with Gasteiger partial charge in [-0.1, -0.05) is 6.92 Å². The van der Waals surface area contributed by atoms with Crippen molar-refractivity contribution < 1.29 is 4.74 Å². The Bertz CT molecular complexity index is 215. The molecule has 0 saturated carbocycles. The molecule has 14 heavy (non-hydrogen) atoms. The fourth-order valence-corrected chi connectivity index (χ4v) is 3.16. The van der Waals surface area contributed by atoms with Crippen molar-refractivity contribution in [1.29, 1.82) is 0 Å². The lowest BCUT2D eigenvalue weighted by molar-refractivity contribution is -0.113. The predicted octanol–water partition coefficient (Wildman–Crippen LogP) is 0.174. The van der Waals surface area contributed by atoms with Crippen molar-refractivity contribution in [1.82, 2.24) is 10.2 Å². The molecule has 3 fully saturated rings. The van der Waals surface area contributed by atoms with Gasteiger partial charge >= 0.3 is 0 Å². The number of ether oxygens (including phenoxy) is 1. The minimum atomic E-state index is 0.464. The van der Waals surface area contributed by atoms with Crippen LogP contribution in [0.25, 0.3) is 0 Å². The van der Waals surface area contributed by atoms with E-state index in [-0.39, 0.29) is 0 Å². The highest BCUT2D eigenvalue weighted by Crippen LogP contribution is 2.32. The lowest BCUT2D eigenvalue weighted by Gasteiger charge is -2.41. The molecule has 0 aromatic heterocycles. The van der Waals surface area contributed by atoms with Gasteiger partial charge in [-0.05, 0) is 24.9 Å². The number of nitrogens with zero attached hydrogens (tertiary/aromatic N) is 1. The number of rotatable bonds is 2. The van der Waals surface area contributed by atoms with Crippen molar-refractivity contribution in [3.63, 3.8) is 0 Å². The van der Waals surface area contributed by atoms with Crippen LogP contribution >= 0.6 is 0 Å². The van der Waals surface area contributed by atoms with E-state index in [1.54, 1.807) is 0 Å². The largest absolute Gasteiger partial charge is 0.380 e. The van der Waals surface area contributed by atoms with Gasteiger partial charge in [0, 0.05) is 25.0 Å². The van der Waals surface area contributed by atoms with Crippen LogP contribution in [0.1, 0.15) is 6.92 Å². The van der Waals surface area contributed by atoms with E-state index < -0.39 is 0 Å². The molecule has 2 unspecified atom stereocenters. The monoisotopic (exact) mass is 196 g/mol. The van der Waals surface area contributed by atoms with Crippen LogP contribution in [0, 0.1) is 17.3 Å². The van der Waals surface area contributed by atoms with Gasteiger partial charge in [0.25, 0.3) is 0 Å². The molecule has 0 aromatic rings. The number of hydrogen-bond donors (Lipinski definition) is 1. The smallest absolute Gasteiger partial charge is 0.0554 e. The third-order valence-corrected chi connectivity index (χ3v) is 3.97. The first kappa shape index (κ1) is 9.13. The van der Waals surface area contributed by atoms with Crippen LogP contribution in [-0.2, 0) is 4.74 Å². The number of hydrogen-bond acceptors (Lipinski definition) is 3. The van der Waals surface area contributed by atoms with Gasteiger partial charge in [0.05, 0.1) is 13.2 Å². The molecule has 0 aromatic carbocycles. The summed E-state index contributed by atoms with van der Waals surface area (Å²) in [6.45, 7) is 10.7. The van der Waals surface area contributed by atoms with Gasteiger partial charge in [-0.25, -0.2) is 0 Å². The summed E-state index contributed by atoms with van der Waals surface area (Å²) in [7, 11) is 0. The SMILES string of the molecule is CC1(CN2CC3CNCC3C2)COC1. The molecule has 0 aliphatic carbocycles. The Balaban J connectivity index is 1.55. The van der Waals surface area contributed by atoms with Gasteiger partial charge in [0.15, 0.2) is 0 Å². The maximum Gasteiger partial charge on any atom is 0.0554 e. The third kappa shape index (κ3) is 1.47. The molecule has 80 valence electrons. The molecule has 3 heteroatoms. The number of fused-ring (bicyclic) bond motifs is 1. The van der Waals surface area contributed by atoms with Crippen LogP contribution in [0.15, 0.2) is 0 Å². The van der Waals surface area contributed by atoms with Crippen LogP contribution in [0.4, 0.5) is 0 Å². The molecule has 3 rings (SSSR count). The molecular formula is C11H20N2O. The second-order valence-electron chi connectivity index (χ2n) is 5.68. The summed E-state index contributed by atoms with van der Waals surface area (Å²) in [6.07, 6.45) is 0. The Hall–Kier alpha value is -0.120. The van der Waals surface area contributed by atoms with Crippen molar-refractivity contribution >= 4 is 0 Å². The second kappa shape index (κ2) is 3.19. The van der Waals surface area contributed by atoms with Gasteiger partial charge < -0.3 is 15.0 Å². The first-order chi connectivity index (χ1) is 6.75. The van der Waals surface area contributed by atoms with Crippen LogP contribution in [-0.4, -0.2) is 50.8 Å². The molecule has 3 saturated heterocycles. The van der Waals surface area contributed by atoms with E-state index in [9.17, 15) is 0 Å². The van der Waals surface area contributed by atoms with Gasteiger partial charge in [0.2, 0.25) is 0 Å². The predicted molar refractivity (Wildman–Crippen MR) is 55.2 cm³/mol. The molecule has 3 aliphatic heterocycles. The quantitative estimate of drug-likeness (QED) is 0.681. The van der Waals surface area contributed by atoms with Gasteiger partial charge in [-0.2, -0.15) is 0 Å². The molecule has 0 radical (unpaired) electrons. The van der Waals surface area contributed by atoms with Crippen LogP contribution in [0.5, 0.6) is 0 Å². The van der Waals surface area contributed by atoms with Crippen molar-refractivity contribution in [2.24, 2.45) is 17.3 Å². The summed E-state index contributed by atoms with van der Waals surface area (Å²) in [5, 5.41) is 3.48. The van der Waals surface area contributed by atoms with Crippen LogP contribution in [0.2, 0.25) is 0 Å². The van der Waals surface area contributed by atoms with Crippen molar-refractivity contribution in [2.75, 3.05) is 45.9 Å². The molecule has 0 amide bonds. The van der Waals surface area contributed by atoms with Crippen molar-refractivity contribution in [2.45, 2.75) is 6.92 Å². The third-order valence-electron chi connectivity index (χ3n) is 3.97. The Morgan fingerprint density at radius 1 is 1.29 bits per heavy atom.